The summed E-state index contributed by atoms with van der Waals surface area (Å²) in [5.41, 5.74) is 3.08. The topological polar surface area (TPSA) is 53.7 Å². The summed E-state index contributed by atoms with van der Waals surface area (Å²) in [5, 5.41) is 5.30. The minimum absolute atomic E-state index is 0.115. The fraction of sp³-hybridized carbons (Fsp3) is 0.389. The zero-order valence-electron chi connectivity index (χ0n) is 15.1. The molecule has 0 spiro atoms. The first-order valence-corrected chi connectivity index (χ1v) is 9.24. The van der Waals surface area contributed by atoms with Crippen LogP contribution in [0.1, 0.15) is 25.1 Å². The summed E-state index contributed by atoms with van der Waals surface area (Å²) in [6, 6.07) is 10.0. The van der Waals surface area contributed by atoms with Crippen molar-refractivity contribution in [2.75, 3.05) is 30.4 Å². The smallest absolute Gasteiger partial charge is 0.275 e. The van der Waals surface area contributed by atoms with E-state index < -0.39 is 0 Å². The molecular weight excluding hydrogens is 334 g/mol. The molecular formula is C18H23N5OS. The van der Waals surface area contributed by atoms with E-state index in [0.717, 1.165) is 30.3 Å². The first-order valence-electron chi connectivity index (χ1n) is 8.42. The molecule has 2 aromatic heterocycles. The van der Waals surface area contributed by atoms with Gasteiger partial charge in [-0.25, -0.2) is 4.98 Å². The first-order chi connectivity index (χ1) is 12.0. The van der Waals surface area contributed by atoms with Crippen LogP contribution in [0.5, 0.6) is 0 Å². The molecule has 0 saturated heterocycles. The number of nitrogens with zero attached hydrogens (tertiary/aromatic N) is 5. The van der Waals surface area contributed by atoms with Crippen LogP contribution in [0, 0.1) is 0 Å². The number of benzene rings is 1. The highest BCUT2D eigenvalue weighted by Gasteiger charge is 2.14. The van der Waals surface area contributed by atoms with Crippen molar-refractivity contribution in [3.63, 3.8) is 0 Å². The third-order valence-corrected chi connectivity index (χ3v) is 5.10. The fourth-order valence-electron chi connectivity index (χ4n) is 2.59. The van der Waals surface area contributed by atoms with Gasteiger partial charge in [-0.1, -0.05) is 30.4 Å². The van der Waals surface area contributed by atoms with Crippen LogP contribution in [0.4, 0.5) is 10.8 Å². The largest absolute Gasteiger partial charge is 0.378 e. The van der Waals surface area contributed by atoms with Crippen molar-refractivity contribution in [1.29, 1.82) is 0 Å². The Bertz CT molecular complexity index is 913. The Balaban J connectivity index is 1.89. The van der Waals surface area contributed by atoms with Gasteiger partial charge in [-0.3, -0.25) is 4.79 Å². The van der Waals surface area contributed by atoms with Gasteiger partial charge in [-0.15, -0.1) is 5.10 Å². The summed E-state index contributed by atoms with van der Waals surface area (Å²) in [6.07, 6.45) is 0.745. The summed E-state index contributed by atoms with van der Waals surface area (Å²) in [4.78, 5) is 21.6. The van der Waals surface area contributed by atoms with Gasteiger partial charge in [0.15, 0.2) is 0 Å². The van der Waals surface area contributed by atoms with Gasteiger partial charge in [0.25, 0.3) is 5.56 Å². The van der Waals surface area contributed by atoms with Gasteiger partial charge in [0.1, 0.15) is 0 Å². The third kappa shape index (κ3) is 3.66. The number of hydrogen-bond acceptors (Lipinski definition) is 6. The second-order valence-electron chi connectivity index (χ2n) is 6.09. The Morgan fingerprint density at radius 1 is 1.16 bits per heavy atom. The number of fused-ring (bicyclic) bond motifs is 1. The van der Waals surface area contributed by atoms with Gasteiger partial charge in [0.05, 0.1) is 0 Å². The normalized spacial score (nSPS) is 11.0. The molecule has 0 radical (unpaired) electrons. The minimum Gasteiger partial charge on any atom is -0.378 e. The molecule has 0 unspecified atom stereocenters. The van der Waals surface area contributed by atoms with Crippen molar-refractivity contribution in [2.24, 2.45) is 0 Å². The van der Waals surface area contributed by atoms with Crippen LogP contribution in [0.3, 0.4) is 0 Å². The number of aromatic nitrogens is 3. The Labute approximate surface area is 151 Å². The number of aryl methyl sites for hydroxylation is 1. The monoisotopic (exact) mass is 357 g/mol. The molecule has 2 heterocycles. The van der Waals surface area contributed by atoms with Gasteiger partial charge >= 0.3 is 0 Å². The van der Waals surface area contributed by atoms with E-state index >= 15 is 0 Å². The summed E-state index contributed by atoms with van der Waals surface area (Å²) < 4.78 is 1.40. The maximum Gasteiger partial charge on any atom is 0.275 e. The van der Waals surface area contributed by atoms with Crippen molar-refractivity contribution >= 4 is 27.1 Å². The molecule has 7 heteroatoms. The van der Waals surface area contributed by atoms with Crippen LogP contribution in [0.15, 0.2) is 35.1 Å². The molecule has 0 aliphatic rings. The van der Waals surface area contributed by atoms with Crippen molar-refractivity contribution in [3.8, 4) is 0 Å². The standard InChI is InChI=1S/C18H23N5OS/c1-5-14-11-16(24)23-17(19-14)25-18(20-23)22(6-2)12-13-7-9-15(10-8-13)21(3)4/h7-11H,5-6,12H2,1-4H3. The van der Waals surface area contributed by atoms with E-state index in [1.165, 1.54) is 27.1 Å². The highest BCUT2D eigenvalue weighted by molar-refractivity contribution is 7.20. The Morgan fingerprint density at radius 2 is 1.88 bits per heavy atom. The van der Waals surface area contributed by atoms with Crippen molar-refractivity contribution < 1.29 is 0 Å². The first kappa shape index (κ1) is 17.4. The predicted molar refractivity (Wildman–Crippen MR) is 104 cm³/mol. The van der Waals surface area contributed by atoms with Gasteiger partial charge in [-0.2, -0.15) is 4.52 Å². The molecule has 3 aromatic rings. The maximum absolute atomic E-state index is 12.2. The molecule has 25 heavy (non-hydrogen) atoms. The molecule has 0 aliphatic carbocycles. The molecule has 1 aromatic carbocycles. The van der Waals surface area contributed by atoms with Gasteiger partial charge < -0.3 is 9.80 Å². The van der Waals surface area contributed by atoms with Crippen LogP contribution in [0.25, 0.3) is 4.96 Å². The van der Waals surface area contributed by atoms with E-state index in [0.29, 0.717) is 4.96 Å². The maximum atomic E-state index is 12.2. The summed E-state index contributed by atoms with van der Waals surface area (Å²) >= 11 is 1.46. The highest BCUT2D eigenvalue weighted by atomic mass is 32.1. The molecule has 0 N–H and O–H groups in total. The number of anilines is 2. The van der Waals surface area contributed by atoms with Gasteiger partial charge in [0, 0.05) is 44.6 Å². The van der Waals surface area contributed by atoms with Crippen LogP contribution < -0.4 is 15.4 Å². The van der Waals surface area contributed by atoms with E-state index in [1.54, 1.807) is 6.07 Å². The minimum atomic E-state index is -0.115. The van der Waals surface area contributed by atoms with Crippen LogP contribution >= 0.6 is 11.3 Å². The van der Waals surface area contributed by atoms with Crippen molar-refractivity contribution in [1.82, 2.24) is 14.6 Å². The Morgan fingerprint density at radius 3 is 2.48 bits per heavy atom. The molecule has 6 nitrogen and oxygen atoms in total. The van der Waals surface area contributed by atoms with E-state index in [1.807, 2.05) is 21.0 Å². The molecule has 0 aliphatic heterocycles. The SMILES string of the molecule is CCc1cc(=O)n2nc(N(CC)Cc3ccc(N(C)C)cc3)sc2n1. The Kier molecular flexibility index (Phi) is 5.03. The molecule has 0 atom stereocenters. The second kappa shape index (κ2) is 7.23. The summed E-state index contributed by atoms with van der Waals surface area (Å²) in [7, 11) is 4.06. The van der Waals surface area contributed by atoms with Gasteiger partial charge in [0.2, 0.25) is 10.1 Å². The molecule has 0 amide bonds. The van der Waals surface area contributed by atoms with Crippen LogP contribution in [-0.4, -0.2) is 35.2 Å². The zero-order chi connectivity index (χ0) is 18.0. The molecule has 0 bridgehead atoms. The molecule has 0 fully saturated rings. The molecule has 0 saturated carbocycles. The lowest BCUT2D eigenvalue weighted by atomic mass is 10.2. The lowest BCUT2D eigenvalue weighted by molar-refractivity contribution is 0.791. The quantitative estimate of drug-likeness (QED) is 0.679. The van der Waals surface area contributed by atoms with E-state index in [2.05, 4.69) is 51.1 Å². The average Bonchev–Trinajstić information content (AvgIpc) is 3.04. The van der Waals surface area contributed by atoms with Crippen LogP contribution in [-0.2, 0) is 13.0 Å². The summed E-state index contributed by atoms with van der Waals surface area (Å²) in [6.45, 7) is 5.65. The Hall–Kier alpha value is -2.41. The van der Waals surface area contributed by atoms with Crippen LogP contribution in [0.2, 0.25) is 0 Å². The number of hydrogen-bond donors (Lipinski definition) is 0. The van der Waals surface area contributed by atoms with E-state index in [9.17, 15) is 4.79 Å². The molecule has 3 rings (SSSR count). The predicted octanol–water partition coefficient (Wildman–Crippen LogP) is 2.81. The van der Waals surface area contributed by atoms with E-state index in [-0.39, 0.29) is 5.56 Å². The third-order valence-electron chi connectivity index (χ3n) is 4.13. The zero-order valence-corrected chi connectivity index (χ0v) is 15.9. The lowest BCUT2D eigenvalue weighted by Crippen LogP contribution is -2.23. The van der Waals surface area contributed by atoms with E-state index in [4.69, 9.17) is 0 Å². The lowest BCUT2D eigenvalue weighted by Gasteiger charge is -2.20. The fourth-order valence-corrected chi connectivity index (χ4v) is 3.58. The van der Waals surface area contributed by atoms with Gasteiger partial charge in [-0.05, 0) is 31.0 Å². The average molecular weight is 357 g/mol. The highest BCUT2D eigenvalue weighted by Crippen LogP contribution is 2.23. The molecule has 132 valence electrons. The van der Waals surface area contributed by atoms with Crippen molar-refractivity contribution in [3.05, 3.63) is 51.9 Å². The second-order valence-corrected chi connectivity index (χ2v) is 7.03. The number of rotatable bonds is 6. The van der Waals surface area contributed by atoms with Crippen molar-refractivity contribution in [2.45, 2.75) is 26.8 Å². The summed E-state index contributed by atoms with van der Waals surface area (Å²) in [5.74, 6) is 0.